The van der Waals surface area contributed by atoms with Gasteiger partial charge in [-0.3, -0.25) is 29.0 Å². The highest BCUT2D eigenvalue weighted by Crippen LogP contribution is 2.26. The molecule has 0 radical (unpaired) electrons. The first kappa shape index (κ1) is 20.5. The fourth-order valence-corrected chi connectivity index (χ4v) is 4.38. The molecule has 3 heterocycles. The van der Waals surface area contributed by atoms with Gasteiger partial charge in [0.25, 0.3) is 23.6 Å². The van der Waals surface area contributed by atoms with Crippen LogP contribution in [-0.4, -0.2) is 65.5 Å². The fraction of sp³-hybridized carbons (Fsp3) is 0.333. The maximum absolute atomic E-state index is 12.5. The number of rotatable bonds is 7. The molecule has 8 heteroatoms. The minimum atomic E-state index is -0.433. The molecule has 2 atom stereocenters. The molecule has 2 aromatic carbocycles. The quantitative estimate of drug-likeness (QED) is 0.622. The average molecular weight is 434 g/mol. The number of benzene rings is 2. The van der Waals surface area contributed by atoms with Crippen LogP contribution in [0.3, 0.4) is 0 Å². The molecule has 0 bridgehead atoms. The van der Waals surface area contributed by atoms with Gasteiger partial charge in [0.15, 0.2) is 6.29 Å². The minimum absolute atomic E-state index is 0.219. The molecule has 3 aliphatic rings. The molecule has 5 rings (SSSR count). The molecule has 1 saturated heterocycles. The van der Waals surface area contributed by atoms with Crippen molar-refractivity contribution in [1.29, 1.82) is 0 Å². The van der Waals surface area contributed by atoms with E-state index in [1.54, 1.807) is 48.5 Å². The van der Waals surface area contributed by atoms with Crippen molar-refractivity contribution in [1.82, 2.24) is 9.80 Å². The van der Waals surface area contributed by atoms with E-state index in [2.05, 4.69) is 0 Å². The standard InChI is InChI=1S/C24H22N2O6/c27-21-16-6-1-2-7-17(16)22(28)25(21)12-5-10-20-31-14-15(32-20)11-13-26-23(29)18-8-3-4-9-19(18)24(26)30/h1-4,6-9,15,20H,5,10-14H2/t15-,20-/m0/s1. The summed E-state index contributed by atoms with van der Waals surface area (Å²) in [6.45, 7) is 0.943. The third-order valence-corrected chi connectivity index (χ3v) is 6.06. The summed E-state index contributed by atoms with van der Waals surface area (Å²) in [4.78, 5) is 52.3. The molecule has 8 nitrogen and oxygen atoms in total. The van der Waals surface area contributed by atoms with E-state index >= 15 is 0 Å². The van der Waals surface area contributed by atoms with Crippen LogP contribution in [0.25, 0.3) is 0 Å². The van der Waals surface area contributed by atoms with Gasteiger partial charge >= 0.3 is 0 Å². The lowest BCUT2D eigenvalue weighted by atomic mass is 10.1. The van der Waals surface area contributed by atoms with Crippen molar-refractivity contribution in [2.45, 2.75) is 31.7 Å². The summed E-state index contributed by atoms with van der Waals surface area (Å²) >= 11 is 0. The molecule has 1 fully saturated rings. The van der Waals surface area contributed by atoms with E-state index in [9.17, 15) is 19.2 Å². The van der Waals surface area contributed by atoms with Crippen molar-refractivity contribution >= 4 is 23.6 Å². The van der Waals surface area contributed by atoms with Crippen molar-refractivity contribution < 1.29 is 28.7 Å². The van der Waals surface area contributed by atoms with Crippen LogP contribution >= 0.6 is 0 Å². The molecule has 0 aliphatic carbocycles. The van der Waals surface area contributed by atoms with E-state index in [-0.39, 0.29) is 36.3 Å². The number of ether oxygens (including phenoxy) is 2. The third kappa shape index (κ3) is 3.51. The maximum Gasteiger partial charge on any atom is 0.261 e. The maximum atomic E-state index is 12.5. The van der Waals surface area contributed by atoms with Gasteiger partial charge in [0, 0.05) is 19.5 Å². The highest BCUT2D eigenvalue weighted by atomic mass is 16.7. The van der Waals surface area contributed by atoms with E-state index in [4.69, 9.17) is 9.47 Å². The van der Waals surface area contributed by atoms with Gasteiger partial charge in [-0.2, -0.15) is 0 Å². The van der Waals surface area contributed by atoms with Gasteiger partial charge in [-0.15, -0.1) is 0 Å². The zero-order valence-corrected chi connectivity index (χ0v) is 17.4. The highest BCUT2D eigenvalue weighted by Gasteiger charge is 2.37. The smallest absolute Gasteiger partial charge is 0.261 e. The Morgan fingerprint density at radius 1 is 0.688 bits per heavy atom. The van der Waals surface area contributed by atoms with Crippen LogP contribution in [0.4, 0.5) is 0 Å². The molecule has 3 aliphatic heterocycles. The number of imide groups is 2. The topological polar surface area (TPSA) is 93.2 Å². The Morgan fingerprint density at radius 2 is 1.16 bits per heavy atom. The zero-order chi connectivity index (χ0) is 22.2. The van der Waals surface area contributed by atoms with Crippen LogP contribution in [0.5, 0.6) is 0 Å². The summed E-state index contributed by atoms with van der Waals surface area (Å²) in [5.41, 5.74) is 1.76. The molecule has 0 unspecified atom stereocenters. The molecular formula is C24H22N2O6. The van der Waals surface area contributed by atoms with E-state index in [1.165, 1.54) is 9.80 Å². The number of fused-ring (bicyclic) bond motifs is 2. The number of amides is 4. The van der Waals surface area contributed by atoms with Crippen molar-refractivity contribution in [3.05, 3.63) is 70.8 Å². The Balaban J connectivity index is 1.07. The van der Waals surface area contributed by atoms with Crippen LogP contribution in [0, 0.1) is 0 Å². The summed E-state index contributed by atoms with van der Waals surface area (Å²) in [5, 5.41) is 0. The summed E-state index contributed by atoms with van der Waals surface area (Å²) in [7, 11) is 0. The Labute approximate surface area is 184 Å². The summed E-state index contributed by atoms with van der Waals surface area (Å²) in [6, 6.07) is 13.6. The second-order valence-corrected chi connectivity index (χ2v) is 8.07. The van der Waals surface area contributed by atoms with Gasteiger partial charge in [-0.05, 0) is 37.1 Å². The lowest BCUT2D eigenvalue weighted by Gasteiger charge is -2.17. The second-order valence-electron chi connectivity index (χ2n) is 8.07. The van der Waals surface area contributed by atoms with Crippen LogP contribution in [0.15, 0.2) is 48.5 Å². The van der Waals surface area contributed by atoms with Gasteiger partial charge < -0.3 is 9.47 Å². The Morgan fingerprint density at radius 3 is 1.66 bits per heavy atom. The molecule has 4 amide bonds. The third-order valence-electron chi connectivity index (χ3n) is 6.06. The summed E-state index contributed by atoms with van der Waals surface area (Å²) in [6.07, 6.45) is 0.930. The van der Waals surface area contributed by atoms with Crippen molar-refractivity contribution in [2.24, 2.45) is 0 Å². The number of hydrogen-bond acceptors (Lipinski definition) is 6. The number of carbonyl (C=O) groups is 4. The summed E-state index contributed by atoms with van der Waals surface area (Å²) < 4.78 is 11.6. The Bertz CT molecular complexity index is 1040. The number of nitrogens with zero attached hydrogens (tertiary/aromatic N) is 2. The fourth-order valence-electron chi connectivity index (χ4n) is 4.38. The molecule has 32 heavy (non-hydrogen) atoms. The largest absolute Gasteiger partial charge is 0.350 e. The first-order valence-corrected chi connectivity index (χ1v) is 10.7. The van der Waals surface area contributed by atoms with Gasteiger partial charge in [0.1, 0.15) is 0 Å². The molecule has 0 N–H and O–H groups in total. The predicted molar refractivity (Wildman–Crippen MR) is 112 cm³/mol. The minimum Gasteiger partial charge on any atom is -0.350 e. The van der Waals surface area contributed by atoms with Gasteiger partial charge in [0.2, 0.25) is 0 Å². The highest BCUT2D eigenvalue weighted by molar-refractivity contribution is 6.22. The number of hydrogen-bond donors (Lipinski definition) is 0. The van der Waals surface area contributed by atoms with Crippen molar-refractivity contribution in [3.8, 4) is 0 Å². The van der Waals surface area contributed by atoms with E-state index in [0.29, 0.717) is 54.7 Å². The average Bonchev–Trinajstić information content (AvgIpc) is 3.44. The molecular weight excluding hydrogens is 412 g/mol. The van der Waals surface area contributed by atoms with E-state index < -0.39 is 6.29 Å². The zero-order valence-electron chi connectivity index (χ0n) is 17.4. The van der Waals surface area contributed by atoms with Crippen LogP contribution in [-0.2, 0) is 9.47 Å². The SMILES string of the molecule is O=C1c2ccccc2C(=O)N1CCC[C@H]1OC[C@H](CCN2C(=O)c3ccccc3C2=O)O1. The second kappa shape index (κ2) is 8.29. The van der Waals surface area contributed by atoms with Gasteiger partial charge in [-0.1, -0.05) is 24.3 Å². The number of carbonyl (C=O) groups excluding carboxylic acids is 4. The Hall–Kier alpha value is -3.36. The predicted octanol–water partition coefficient (Wildman–Crippen LogP) is 2.49. The molecule has 164 valence electrons. The van der Waals surface area contributed by atoms with Crippen molar-refractivity contribution in [3.63, 3.8) is 0 Å². The van der Waals surface area contributed by atoms with Gasteiger partial charge in [0.05, 0.1) is 35.0 Å². The van der Waals surface area contributed by atoms with Crippen LogP contribution < -0.4 is 0 Å². The lowest BCUT2D eigenvalue weighted by Crippen LogP contribution is -2.33. The Kier molecular flexibility index (Phi) is 5.32. The monoisotopic (exact) mass is 434 g/mol. The lowest BCUT2D eigenvalue weighted by molar-refractivity contribution is -0.0647. The van der Waals surface area contributed by atoms with E-state index in [0.717, 1.165) is 0 Å². The normalized spacial score (nSPS) is 22.1. The van der Waals surface area contributed by atoms with Crippen molar-refractivity contribution in [2.75, 3.05) is 19.7 Å². The summed E-state index contributed by atoms with van der Waals surface area (Å²) in [5.74, 6) is -1.08. The molecule has 0 aromatic heterocycles. The van der Waals surface area contributed by atoms with Crippen LogP contribution in [0.2, 0.25) is 0 Å². The first-order valence-electron chi connectivity index (χ1n) is 10.7. The molecule has 2 aromatic rings. The van der Waals surface area contributed by atoms with E-state index in [1.807, 2.05) is 0 Å². The van der Waals surface area contributed by atoms with Crippen LogP contribution in [0.1, 0.15) is 60.7 Å². The molecule has 0 saturated carbocycles. The van der Waals surface area contributed by atoms with Gasteiger partial charge in [-0.25, -0.2) is 0 Å². The first-order chi connectivity index (χ1) is 15.5. The molecule has 0 spiro atoms.